The lowest BCUT2D eigenvalue weighted by Crippen LogP contribution is -2.38. The van der Waals surface area contributed by atoms with Gasteiger partial charge in [-0.1, -0.05) is 18.5 Å². The number of hydrogen-bond donors (Lipinski definition) is 1. The highest BCUT2D eigenvalue weighted by Crippen LogP contribution is 2.35. The highest BCUT2D eigenvalue weighted by molar-refractivity contribution is 6.32. The van der Waals surface area contributed by atoms with Crippen LogP contribution in [0.25, 0.3) is 5.69 Å². The third kappa shape index (κ3) is 2.65. The molecule has 0 amide bonds. The molecule has 0 spiro atoms. The SMILES string of the molecule is COc1cc(-n2cncc2C2(C)CCNCC2)ccc1Cl. The largest absolute Gasteiger partial charge is 0.495 e. The zero-order valence-electron chi connectivity index (χ0n) is 12.4. The average Bonchev–Trinajstić information content (AvgIpc) is 2.99. The first-order valence-corrected chi connectivity index (χ1v) is 7.59. The molecule has 1 saturated heterocycles. The van der Waals surface area contributed by atoms with Gasteiger partial charge in [0.05, 0.1) is 24.1 Å². The van der Waals surface area contributed by atoms with Crippen LogP contribution in [0.3, 0.4) is 0 Å². The Bertz CT molecular complexity index is 632. The van der Waals surface area contributed by atoms with E-state index in [1.165, 1.54) is 5.69 Å². The molecule has 1 fully saturated rings. The van der Waals surface area contributed by atoms with E-state index in [2.05, 4.69) is 21.8 Å². The molecule has 0 saturated carbocycles. The molecular formula is C16H20ClN3O. The van der Waals surface area contributed by atoms with Crippen LogP contribution in [-0.2, 0) is 5.41 Å². The van der Waals surface area contributed by atoms with Gasteiger partial charge in [0.25, 0.3) is 0 Å². The van der Waals surface area contributed by atoms with Gasteiger partial charge in [0.2, 0.25) is 0 Å². The molecule has 1 aromatic carbocycles. The minimum absolute atomic E-state index is 0.147. The summed E-state index contributed by atoms with van der Waals surface area (Å²) in [6, 6.07) is 5.82. The van der Waals surface area contributed by atoms with Gasteiger partial charge in [0, 0.05) is 23.4 Å². The molecule has 0 bridgehead atoms. The first-order valence-electron chi connectivity index (χ1n) is 7.21. The van der Waals surface area contributed by atoms with Crippen molar-refractivity contribution in [1.29, 1.82) is 0 Å². The first kappa shape index (κ1) is 14.4. The Morgan fingerprint density at radius 3 is 2.81 bits per heavy atom. The summed E-state index contributed by atoms with van der Waals surface area (Å²) in [5.74, 6) is 0.685. The van der Waals surface area contributed by atoms with E-state index in [9.17, 15) is 0 Å². The van der Waals surface area contributed by atoms with Gasteiger partial charge in [-0.25, -0.2) is 4.98 Å². The van der Waals surface area contributed by atoms with E-state index in [4.69, 9.17) is 16.3 Å². The van der Waals surface area contributed by atoms with Crippen molar-refractivity contribution < 1.29 is 4.74 Å². The third-order valence-corrected chi connectivity index (χ3v) is 4.69. The van der Waals surface area contributed by atoms with Crippen LogP contribution in [0.1, 0.15) is 25.5 Å². The predicted molar refractivity (Wildman–Crippen MR) is 84.6 cm³/mol. The summed E-state index contributed by atoms with van der Waals surface area (Å²) < 4.78 is 7.46. The van der Waals surface area contributed by atoms with E-state index >= 15 is 0 Å². The second-order valence-electron chi connectivity index (χ2n) is 5.78. The van der Waals surface area contributed by atoms with Gasteiger partial charge >= 0.3 is 0 Å². The van der Waals surface area contributed by atoms with Crippen molar-refractivity contribution in [3.8, 4) is 11.4 Å². The van der Waals surface area contributed by atoms with Gasteiger partial charge < -0.3 is 14.6 Å². The van der Waals surface area contributed by atoms with Crippen molar-refractivity contribution in [2.75, 3.05) is 20.2 Å². The summed E-state index contributed by atoms with van der Waals surface area (Å²) in [6.45, 7) is 4.41. The summed E-state index contributed by atoms with van der Waals surface area (Å²) >= 11 is 6.12. The maximum atomic E-state index is 6.12. The number of benzene rings is 1. The Kier molecular flexibility index (Phi) is 3.91. The summed E-state index contributed by atoms with van der Waals surface area (Å²) in [5.41, 5.74) is 2.42. The minimum Gasteiger partial charge on any atom is -0.495 e. The second-order valence-corrected chi connectivity index (χ2v) is 6.19. The predicted octanol–water partition coefficient (Wildman–Crippen LogP) is 3.18. The van der Waals surface area contributed by atoms with Crippen molar-refractivity contribution in [3.63, 3.8) is 0 Å². The van der Waals surface area contributed by atoms with Crippen molar-refractivity contribution in [2.45, 2.75) is 25.2 Å². The Hall–Kier alpha value is -1.52. The van der Waals surface area contributed by atoms with Crippen LogP contribution in [0.5, 0.6) is 5.75 Å². The number of halogens is 1. The normalized spacial score (nSPS) is 17.7. The maximum Gasteiger partial charge on any atom is 0.139 e. The summed E-state index contributed by atoms with van der Waals surface area (Å²) in [6.07, 6.45) is 6.07. The number of aromatic nitrogens is 2. The lowest BCUT2D eigenvalue weighted by atomic mass is 9.78. The fraction of sp³-hybridized carbons (Fsp3) is 0.438. The Morgan fingerprint density at radius 2 is 2.10 bits per heavy atom. The number of piperidine rings is 1. The highest BCUT2D eigenvalue weighted by Gasteiger charge is 2.32. The van der Waals surface area contributed by atoms with Crippen LogP contribution in [0, 0.1) is 0 Å². The van der Waals surface area contributed by atoms with Crippen molar-refractivity contribution in [3.05, 3.63) is 41.4 Å². The summed E-state index contributed by atoms with van der Waals surface area (Å²) in [4.78, 5) is 4.37. The standard InChI is InChI=1S/C16H20ClN3O/c1-16(5-7-18-8-6-16)15-10-19-11-20(15)12-3-4-13(17)14(9-12)21-2/h3-4,9-11,18H,5-8H2,1-2H3. The van der Waals surface area contributed by atoms with Crippen molar-refractivity contribution in [1.82, 2.24) is 14.9 Å². The lowest BCUT2D eigenvalue weighted by molar-refractivity contribution is 0.324. The second kappa shape index (κ2) is 5.70. The molecule has 1 aliphatic rings. The van der Waals surface area contributed by atoms with Gasteiger partial charge in [0.15, 0.2) is 0 Å². The van der Waals surface area contributed by atoms with E-state index < -0.39 is 0 Å². The van der Waals surface area contributed by atoms with Gasteiger partial charge in [0.1, 0.15) is 5.75 Å². The molecule has 1 aliphatic heterocycles. The number of imidazole rings is 1. The Balaban J connectivity index is 2.02. The molecule has 3 rings (SSSR count). The number of methoxy groups -OCH3 is 1. The molecule has 0 unspecified atom stereocenters. The molecule has 0 atom stereocenters. The van der Waals surface area contributed by atoms with Crippen LogP contribution >= 0.6 is 11.6 Å². The Labute approximate surface area is 130 Å². The average molecular weight is 306 g/mol. The quantitative estimate of drug-likeness (QED) is 0.946. The number of ether oxygens (including phenoxy) is 1. The molecule has 0 radical (unpaired) electrons. The lowest BCUT2D eigenvalue weighted by Gasteiger charge is -2.34. The minimum atomic E-state index is 0.147. The number of nitrogens with one attached hydrogen (secondary N) is 1. The topological polar surface area (TPSA) is 39.1 Å². The number of nitrogens with zero attached hydrogens (tertiary/aromatic N) is 2. The molecule has 2 heterocycles. The highest BCUT2D eigenvalue weighted by atomic mass is 35.5. The van der Waals surface area contributed by atoms with Crippen LogP contribution < -0.4 is 10.1 Å². The van der Waals surface area contributed by atoms with Crippen LogP contribution in [-0.4, -0.2) is 29.8 Å². The van der Waals surface area contributed by atoms with E-state index in [1.807, 2.05) is 30.7 Å². The monoisotopic (exact) mass is 305 g/mol. The van der Waals surface area contributed by atoms with E-state index in [0.717, 1.165) is 31.6 Å². The van der Waals surface area contributed by atoms with Crippen LogP contribution in [0.2, 0.25) is 5.02 Å². The van der Waals surface area contributed by atoms with Crippen molar-refractivity contribution >= 4 is 11.6 Å². The summed E-state index contributed by atoms with van der Waals surface area (Å²) in [5, 5.41) is 4.04. The molecular weight excluding hydrogens is 286 g/mol. The molecule has 5 heteroatoms. The molecule has 1 aromatic heterocycles. The zero-order chi connectivity index (χ0) is 14.9. The molecule has 0 aliphatic carbocycles. The number of rotatable bonds is 3. The summed E-state index contributed by atoms with van der Waals surface area (Å²) in [7, 11) is 1.63. The molecule has 2 aromatic rings. The van der Waals surface area contributed by atoms with E-state index in [1.54, 1.807) is 7.11 Å². The molecule has 4 nitrogen and oxygen atoms in total. The number of hydrogen-bond acceptors (Lipinski definition) is 3. The van der Waals surface area contributed by atoms with Crippen LogP contribution in [0.15, 0.2) is 30.7 Å². The first-order chi connectivity index (χ1) is 10.1. The van der Waals surface area contributed by atoms with Gasteiger partial charge in [-0.3, -0.25) is 0 Å². The Morgan fingerprint density at radius 1 is 1.33 bits per heavy atom. The van der Waals surface area contributed by atoms with Crippen LogP contribution in [0.4, 0.5) is 0 Å². The molecule has 1 N–H and O–H groups in total. The van der Waals surface area contributed by atoms with Gasteiger partial charge in [-0.15, -0.1) is 0 Å². The smallest absolute Gasteiger partial charge is 0.139 e. The van der Waals surface area contributed by atoms with Crippen molar-refractivity contribution in [2.24, 2.45) is 0 Å². The zero-order valence-corrected chi connectivity index (χ0v) is 13.2. The van der Waals surface area contributed by atoms with E-state index in [-0.39, 0.29) is 5.41 Å². The van der Waals surface area contributed by atoms with Gasteiger partial charge in [-0.05, 0) is 38.1 Å². The van der Waals surface area contributed by atoms with E-state index in [0.29, 0.717) is 10.8 Å². The third-order valence-electron chi connectivity index (χ3n) is 4.38. The molecule has 112 valence electrons. The fourth-order valence-electron chi connectivity index (χ4n) is 2.98. The van der Waals surface area contributed by atoms with Gasteiger partial charge in [-0.2, -0.15) is 0 Å². The molecule has 21 heavy (non-hydrogen) atoms. The maximum absolute atomic E-state index is 6.12. The fourth-order valence-corrected chi connectivity index (χ4v) is 3.18.